The maximum Gasteiger partial charge on any atom is 0.256 e. The second kappa shape index (κ2) is 6.10. The highest BCUT2D eigenvalue weighted by atomic mass is 16.5. The zero-order chi connectivity index (χ0) is 12.8. The summed E-state index contributed by atoms with van der Waals surface area (Å²) in [6, 6.07) is 4.36. The van der Waals surface area contributed by atoms with Crippen LogP contribution in [0.1, 0.15) is 17.3 Å². The molecule has 5 heteroatoms. The Hall–Kier alpha value is -1.75. The molecule has 0 radical (unpaired) electrons. The van der Waals surface area contributed by atoms with Crippen molar-refractivity contribution in [3.63, 3.8) is 0 Å². The molecule has 0 spiro atoms. The van der Waals surface area contributed by atoms with E-state index in [0.29, 0.717) is 30.9 Å². The van der Waals surface area contributed by atoms with E-state index < -0.39 is 0 Å². The average Bonchev–Trinajstić information content (AvgIpc) is 2.33. The molecule has 0 fully saturated rings. The van der Waals surface area contributed by atoms with Gasteiger partial charge in [0.05, 0.1) is 12.2 Å². The second-order valence-electron chi connectivity index (χ2n) is 3.65. The Morgan fingerprint density at radius 3 is 2.82 bits per heavy atom. The molecule has 1 amide bonds. The first-order chi connectivity index (χ1) is 8.10. The SMILES string of the molecule is CCN(CCOC)C(=O)c1cc(O)ccc1N. The van der Waals surface area contributed by atoms with Gasteiger partial charge in [-0.15, -0.1) is 0 Å². The summed E-state index contributed by atoms with van der Waals surface area (Å²) in [5.41, 5.74) is 6.41. The Labute approximate surface area is 101 Å². The summed E-state index contributed by atoms with van der Waals surface area (Å²) in [7, 11) is 1.58. The minimum atomic E-state index is -0.196. The first kappa shape index (κ1) is 13.3. The fourth-order valence-corrected chi connectivity index (χ4v) is 1.50. The van der Waals surface area contributed by atoms with Crippen LogP contribution in [0.25, 0.3) is 0 Å². The fourth-order valence-electron chi connectivity index (χ4n) is 1.50. The maximum atomic E-state index is 12.1. The number of methoxy groups -OCH3 is 1. The van der Waals surface area contributed by atoms with Crippen LogP contribution in [0.2, 0.25) is 0 Å². The standard InChI is InChI=1S/C12H18N2O3/c1-3-14(6-7-17-2)12(16)10-8-9(15)4-5-11(10)13/h4-5,8,15H,3,6-7,13H2,1-2H3. The summed E-state index contributed by atoms with van der Waals surface area (Å²) in [5, 5.41) is 9.37. The molecule has 1 aromatic rings. The third-order valence-electron chi connectivity index (χ3n) is 2.50. The molecule has 5 nitrogen and oxygen atoms in total. The lowest BCUT2D eigenvalue weighted by molar-refractivity contribution is 0.0707. The Morgan fingerprint density at radius 2 is 2.24 bits per heavy atom. The number of phenolic OH excluding ortho intramolecular Hbond substituents is 1. The average molecular weight is 238 g/mol. The van der Waals surface area contributed by atoms with Crippen molar-refractivity contribution < 1.29 is 14.6 Å². The fraction of sp³-hybridized carbons (Fsp3) is 0.417. The lowest BCUT2D eigenvalue weighted by atomic mass is 10.1. The van der Waals surface area contributed by atoms with Gasteiger partial charge in [-0.3, -0.25) is 4.79 Å². The topological polar surface area (TPSA) is 75.8 Å². The minimum absolute atomic E-state index is 0.0327. The number of amides is 1. The summed E-state index contributed by atoms with van der Waals surface area (Å²) in [6.45, 7) is 3.42. The number of carbonyl (C=O) groups is 1. The van der Waals surface area contributed by atoms with Gasteiger partial charge < -0.3 is 20.5 Å². The third-order valence-corrected chi connectivity index (χ3v) is 2.50. The van der Waals surface area contributed by atoms with Crippen molar-refractivity contribution in [2.45, 2.75) is 6.92 Å². The summed E-state index contributed by atoms with van der Waals surface area (Å²) in [6.07, 6.45) is 0. The molecular weight excluding hydrogens is 220 g/mol. The molecule has 17 heavy (non-hydrogen) atoms. The number of hydrogen-bond donors (Lipinski definition) is 2. The van der Waals surface area contributed by atoms with Gasteiger partial charge in [-0.05, 0) is 25.1 Å². The largest absolute Gasteiger partial charge is 0.508 e. The predicted molar refractivity (Wildman–Crippen MR) is 66.0 cm³/mol. The van der Waals surface area contributed by atoms with E-state index in [9.17, 15) is 9.90 Å². The minimum Gasteiger partial charge on any atom is -0.508 e. The molecule has 0 aromatic heterocycles. The van der Waals surface area contributed by atoms with Gasteiger partial charge in [0, 0.05) is 25.9 Å². The number of phenols is 1. The van der Waals surface area contributed by atoms with Gasteiger partial charge in [0.2, 0.25) is 0 Å². The van der Waals surface area contributed by atoms with Crippen molar-refractivity contribution in [1.82, 2.24) is 4.90 Å². The quantitative estimate of drug-likeness (QED) is 0.594. The van der Waals surface area contributed by atoms with Gasteiger partial charge >= 0.3 is 0 Å². The van der Waals surface area contributed by atoms with Crippen LogP contribution < -0.4 is 5.73 Å². The molecule has 0 bridgehead atoms. The normalized spacial score (nSPS) is 10.2. The highest BCUT2D eigenvalue weighted by Crippen LogP contribution is 2.20. The molecule has 0 saturated carbocycles. The van der Waals surface area contributed by atoms with E-state index >= 15 is 0 Å². The maximum absolute atomic E-state index is 12.1. The number of hydrogen-bond acceptors (Lipinski definition) is 4. The van der Waals surface area contributed by atoms with Crippen LogP contribution in [0.15, 0.2) is 18.2 Å². The van der Waals surface area contributed by atoms with E-state index in [-0.39, 0.29) is 11.7 Å². The number of ether oxygens (including phenoxy) is 1. The Kier molecular flexibility index (Phi) is 4.78. The van der Waals surface area contributed by atoms with Crippen molar-refractivity contribution in [2.75, 3.05) is 32.5 Å². The lowest BCUT2D eigenvalue weighted by Crippen LogP contribution is -2.34. The van der Waals surface area contributed by atoms with Crippen LogP contribution >= 0.6 is 0 Å². The number of nitrogens with zero attached hydrogens (tertiary/aromatic N) is 1. The van der Waals surface area contributed by atoms with Crippen molar-refractivity contribution in [3.05, 3.63) is 23.8 Å². The molecule has 0 unspecified atom stereocenters. The van der Waals surface area contributed by atoms with Crippen molar-refractivity contribution >= 4 is 11.6 Å². The van der Waals surface area contributed by atoms with Gasteiger partial charge in [-0.2, -0.15) is 0 Å². The highest BCUT2D eigenvalue weighted by molar-refractivity contribution is 5.99. The van der Waals surface area contributed by atoms with Gasteiger partial charge in [-0.25, -0.2) is 0 Å². The molecule has 3 N–H and O–H groups in total. The number of aromatic hydroxyl groups is 1. The van der Waals surface area contributed by atoms with Gasteiger partial charge in [0.25, 0.3) is 5.91 Å². The Morgan fingerprint density at radius 1 is 1.53 bits per heavy atom. The second-order valence-corrected chi connectivity index (χ2v) is 3.65. The molecule has 1 rings (SSSR count). The highest BCUT2D eigenvalue weighted by Gasteiger charge is 2.16. The smallest absolute Gasteiger partial charge is 0.256 e. The monoisotopic (exact) mass is 238 g/mol. The van der Waals surface area contributed by atoms with Crippen LogP contribution in [0.4, 0.5) is 5.69 Å². The van der Waals surface area contributed by atoms with Crippen LogP contribution in [0.3, 0.4) is 0 Å². The van der Waals surface area contributed by atoms with E-state index in [0.717, 1.165) is 0 Å². The van der Waals surface area contributed by atoms with Gasteiger partial charge in [0.15, 0.2) is 0 Å². The number of nitrogen functional groups attached to an aromatic ring is 1. The van der Waals surface area contributed by atoms with Crippen LogP contribution in [-0.4, -0.2) is 42.7 Å². The molecule has 94 valence electrons. The van der Waals surface area contributed by atoms with Crippen molar-refractivity contribution in [3.8, 4) is 5.75 Å². The summed E-state index contributed by atoms with van der Waals surface area (Å²) >= 11 is 0. The molecule has 0 atom stereocenters. The molecule has 1 aromatic carbocycles. The number of likely N-dealkylation sites (N-methyl/N-ethyl adjacent to an activating group) is 1. The van der Waals surface area contributed by atoms with Crippen LogP contribution in [-0.2, 0) is 4.74 Å². The first-order valence-electron chi connectivity index (χ1n) is 5.46. The Bertz CT molecular complexity index is 393. The van der Waals surface area contributed by atoms with E-state index in [1.165, 1.54) is 18.2 Å². The first-order valence-corrected chi connectivity index (χ1v) is 5.46. The number of benzene rings is 1. The predicted octanol–water partition coefficient (Wildman–Crippen LogP) is 1.08. The Balaban J connectivity index is 2.89. The van der Waals surface area contributed by atoms with E-state index in [2.05, 4.69) is 0 Å². The third kappa shape index (κ3) is 3.35. The van der Waals surface area contributed by atoms with E-state index in [4.69, 9.17) is 10.5 Å². The molecule has 0 aliphatic rings. The van der Waals surface area contributed by atoms with Gasteiger partial charge in [-0.1, -0.05) is 0 Å². The lowest BCUT2D eigenvalue weighted by Gasteiger charge is -2.21. The van der Waals surface area contributed by atoms with Gasteiger partial charge in [0.1, 0.15) is 5.75 Å². The molecule has 0 aliphatic carbocycles. The summed E-state index contributed by atoms with van der Waals surface area (Å²) in [5.74, 6) is -0.164. The molecule has 0 aliphatic heterocycles. The van der Waals surface area contributed by atoms with Crippen LogP contribution in [0, 0.1) is 0 Å². The summed E-state index contributed by atoms with van der Waals surface area (Å²) in [4.78, 5) is 13.8. The number of anilines is 1. The molecule has 0 heterocycles. The number of nitrogens with two attached hydrogens (primary N) is 1. The van der Waals surface area contributed by atoms with Crippen molar-refractivity contribution in [2.24, 2.45) is 0 Å². The number of carbonyl (C=O) groups excluding carboxylic acids is 1. The zero-order valence-electron chi connectivity index (χ0n) is 10.1. The van der Waals surface area contributed by atoms with E-state index in [1.807, 2.05) is 6.92 Å². The summed E-state index contributed by atoms with van der Waals surface area (Å²) < 4.78 is 4.94. The molecular formula is C12H18N2O3. The zero-order valence-corrected chi connectivity index (χ0v) is 10.1. The number of rotatable bonds is 5. The van der Waals surface area contributed by atoms with E-state index in [1.54, 1.807) is 12.0 Å². The van der Waals surface area contributed by atoms with Crippen LogP contribution in [0.5, 0.6) is 5.75 Å². The molecule has 0 saturated heterocycles. The van der Waals surface area contributed by atoms with Crippen molar-refractivity contribution in [1.29, 1.82) is 0 Å².